The smallest absolute Gasteiger partial charge is 0.159 e. The monoisotopic (exact) mass is 878 g/mol. The van der Waals surface area contributed by atoms with E-state index in [1.165, 1.54) is 0 Å². The van der Waals surface area contributed by atoms with E-state index in [0.717, 1.165) is 121 Å². The normalized spacial score (nSPS) is 12.2. The molecule has 0 radical (unpaired) electrons. The summed E-state index contributed by atoms with van der Waals surface area (Å²) in [4.78, 5) is 4.57. The Balaban J connectivity index is 1.12. The van der Waals surface area contributed by atoms with Crippen LogP contribution in [-0.4, -0.2) is 0 Å². The number of rotatable bonds is 6. The van der Waals surface area contributed by atoms with E-state index in [1.54, 1.807) is 0 Å². The molecule has 6 heteroatoms. The highest BCUT2D eigenvalue weighted by molar-refractivity contribution is 6.29. The van der Waals surface area contributed by atoms with Gasteiger partial charge in [-0.05, 0) is 105 Å². The quantitative estimate of drug-likeness (QED) is 0.155. The summed E-state index contributed by atoms with van der Waals surface area (Å²) in [5.41, 5.74) is 12.2. The standard InChI is InChI=1S/C62H46N4O2/c1-61(2,3)49-15-7-11-43-45-13-9-17-53(59(45)67-57(43)49)65(41-27-19-37(35-63)20-28-41)51-33-25-39-24-32-48-52(34-26-40-23-31-47(51)55(39)56(40)48)66(42-29-21-38(36-64)22-30-42)54-18-10-14-46-44-12-8-16-50(62(4,5)6)58(44)68-60(46)54/h7-34H,1-6H3. The van der Waals surface area contributed by atoms with Crippen molar-refractivity contribution in [2.45, 2.75) is 52.4 Å². The highest BCUT2D eigenvalue weighted by Crippen LogP contribution is 2.51. The fourth-order valence-corrected chi connectivity index (χ4v) is 10.5. The van der Waals surface area contributed by atoms with E-state index in [0.29, 0.717) is 11.1 Å². The summed E-state index contributed by atoms with van der Waals surface area (Å²) in [5.74, 6) is 0. The molecule has 12 aromatic rings. The highest BCUT2D eigenvalue weighted by Gasteiger charge is 2.28. The van der Waals surface area contributed by atoms with Crippen molar-refractivity contribution in [3.63, 3.8) is 0 Å². The van der Waals surface area contributed by atoms with E-state index in [1.807, 2.05) is 48.5 Å². The second-order valence-corrected chi connectivity index (χ2v) is 20.0. The molecule has 0 unspecified atom stereocenters. The Kier molecular flexibility index (Phi) is 9.00. The van der Waals surface area contributed by atoms with Gasteiger partial charge in [-0.2, -0.15) is 10.5 Å². The number of nitriles is 2. The Morgan fingerprint density at radius 3 is 1.07 bits per heavy atom. The molecule has 12 rings (SSSR count). The van der Waals surface area contributed by atoms with Crippen LogP contribution in [0.15, 0.2) is 179 Å². The molecule has 0 spiro atoms. The summed E-state index contributed by atoms with van der Waals surface area (Å²) in [7, 11) is 0. The first-order valence-electron chi connectivity index (χ1n) is 23.1. The summed E-state index contributed by atoms with van der Waals surface area (Å²) in [5, 5.41) is 30.7. The number of nitrogens with zero attached hydrogens (tertiary/aromatic N) is 4. The molecule has 0 fully saturated rings. The molecule has 0 bridgehead atoms. The van der Waals surface area contributed by atoms with Crippen LogP contribution in [0.5, 0.6) is 0 Å². The second kappa shape index (κ2) is 15.0. The third-order valence-electron chi connectivity index (χ3n) is 13.7. The Bertz CT molecular complexity index is 3810. The lowest BCUT2D eigenvalue weighted by atomic mass is 9.86. The molecule has 0 saturated heterocycles. The van der Waals surface area contributed by atoms with Gasteiger partial charge in [0.1, 0.15) is 11.2 Å². The van der Waals surface area contributed by atoms with Crippen LogP contribution < -0.4 is 9.80 Å². The summed E-state index contributed by atoms with van der Waals surface area (Å²) in [6, 6.07) is 63.7. The van der Waals surface area contributed by atoms with Gasteiger partial charge in [0.05, 0.1) is 46.0 Å². The first-order chi connectivity index (χ1) is 32.9. The van der Waals surface area contributed by atoms with Gasteiger partial charge in [-0.1, -0.05) is 139 Å². The van der Waals surface area contributed by atoms with Crippen LogP contribution in [0.1, 0.15) is 63.8 Å². The predicted molar refractivity (Wildman–Crippen MR) is 281 cm³/mol. The zero-order valence-corrected chi connectivity index (χ0v) is 38.8. The van der Waals surface area contributed by atoms with Gasteiger partial charge in [-0.3, -0.25) is 0 Å². The Morgan fingerprint density at radius 2 is 0.706 bits per heavy atom. The van der Waals surface area contributed by atoms with Crippen LogP contribution in [0.25, 0.3) is 76.2 Å². The maximum Gasteiger partial charge on any atom is 0.159 e. The van der Waals surface area contributed by atoms with Crippen molar-refractivity contribution in [3.05, 3.63) is 192 Å². The van der Waals surface area contributed by atoms with Crippen LogP contribution in [-0.2, 0) is 10.8 Å². The van der Waals surface area contributed by atoms with E-state index in [4.69, 9.17) is 8.83 Å². The van der Waals surface area contributed by atoms with Crippen LogP contribution in [0, 0.1) is 22.7 Å². The van der Waals surface area contributed by atoms with Crippen molar-refractivity contribution in [3.8, 4) is 12.1 Å². The van der Waals surface area contributed by atoms with E-state index >= 15 is 0 Å². The molecule has 68 heavy (non-hydrogen) atoms. The molecule has 0 aliphatic heterocycles. The maximum absolute atomic E-state index is 9.87. The fourth-order valence-electron chi connectivity index (χ4n) is 10.5. The van der Waals surface area contributed by atoms with Crippen LogP contribution in [0.2, 0.25) is 0 Å². The number of benzene rings is 10. The largest absolute Gasteiger partial charge is 0.454 e. The van der Waals surface area contributed by atoms with Gasteiger partial charge in [0.25, 0.3) is 0 Å². The van der Waals surface area contributed by atoms with E-state index in [9.17, 15) is 10.5 Å². The third-order valence-corrected chi connectivity index (χ3v) is 13.7. The van der Waals surface area contributed by atoms with E-state index in [-0.39, 0.29) is 10.8 Å². The van der Waals surface area contributed by atoms with Gasteiger partial charge in [0, 0.05) is 54.8 Å². The third kappa shape index (κ3) is 6.22. The highest BCUT2D eigenvalue weighted by atomic mass is 16.3. The van der Waals surface area contributed by atoms with Crippen molar-refractivity contribution in [1.29, 1.82) is 10.5 Å². The molecule has 0 N–H and O–H groups in total. The maximum atomic E-state index is 9.87. The SMILES string of the molecule is CC(C)(C)c1cccc2c1oc1c(N(c3ccc(C#N)cc3)c3ccc4ccc5c(N(c6ccc(C#N)cc6)c6cccc7c6oc6c(C(C)(C)C)cccc67)ccc6ccc3c4c65)cccc12. The van der Waals surface area contributed by atoms with Crippen molar-refractivity contribution in [1.82, 2.24) is 0 Å². The molecule has 0 aliphatic carbocycles. The number of para-hydroxylation sites is 4. The number of furan rings is 2. The Labute approximate surface area is 394 Å². The first kappa shape index (κ1) is 40.9. The molecule has 0 amide bonds. The Hall–Kier alpha value is -8.58. The zero-order valence-electron chi connectivity index (χ0n) is 38.8. The van der Waals surface area contributed by atoms with Crippen molar-refractivity contribution < 1.29 is 8.83 Å². The van der Waals surface area contributed by atoms with Gasteiger partial charge >= 0.3 is 0 Å². The van der Waals surface area contributed by atoms with Gasteiger partial charge < -0.3 is 18.6 Å². The van der Waals surface area contributed by atoms with E-state index < -0.39 is 0 Å². The summed E-state index contributed by atoms with van der Waals surface area (Å²) in [6.07, 6.45) is 0. The number of hydrogen-bond acceptors (Lipinski definition) is 6. The number of hydrogen-bond donors (Lipinski definition) is 0. The summed E-state index contributed by atoms with van der Waals surface area (Å²) >= 11 is 0. The molecule has 2 aromatic heterocycles. The fraction of sp³-hybridized carbons (Fsp3) is 0.129. The molecule has 2 heterocycles. The van der Waals surface area contributed by atoms with Crippen molar-refractivity contribution in [2.75, 3.05) is 9.80 Å². The molecule has 6 nitrogen and oxygen atoms in total. The van der Waals surface area contributed by atoms with Crippen LogP contribution in [0.3, 0.4) is 0 Å². The minimum atomic E-state index is -0.130. The molecule has 326 valence electrons. The van der Waals surface area contributed by atoms with Gasteiger partial charge in [0.2, 0.25) is 0 Å². The molecular weight excluding hydrogens is 833 g/mol. The van der Waals surface area contributed by atoms with E-state index in [2.05, 4.69) is 185 Å². The zero-order chi connectivity index (χ0) is 46.6. The van der Waals surface area contributed by atoms with Crippen molar-refractivity contribution in [2.24, 2.45) is 0 Å². The minimum absolute atomic E-state index is 0.130. The molecule has 0 aliphatic rings. The second-order valence-electron chi connectivity index (χ2n) is 20.0. The Morgan fingerprint density at radius 1 is 0.353 bits per heavy atom. The van der Waals surface area contributed by atoms with Crippen LogP contribution in [0.4, 0.5) is 34.1 Å². The molecular formula is C62H46N4O2. The lowest BCUT2D eigenvalue weighted by molar-refractivity contribution is 0.572. The molecule has 0 atom stereocenters. The summed E-state index contributed by atoms with van der Waals surface area (Å²) < 4.78 is 14.0. The predicted octanol–water partition coefficient (Wildman–Crippen LogP) is 17.7. The average molecular weight is 879 g/mol. The van der Waals surface area contributed by atoms with Crippen LogP contribution >= 0.6 is 0 Å². The first-order valence-corrected chi connectivity index (χ1v) is 23.1. The lowest BCUT2D eigenvalue weighted by Gasteiger charge is -2.29. The lowest BCUT2D eigenvalue weighted by Crippen LogP contribution is -2.12. The van der Waals surface area contributed by atoms with Gasteiger partial charge in [0.15, 0.2) is 11.2 Å². The summed E-state index contributed by atoms with van der Waals surface area (Å²) in [6.45, 7) is 13.3. The van der Waals surface area contributed by atoms with Crippen molar-refractivity contribution >= 4 is 110 Å². The molecule has 10 aromatic carbocycles. The average Bonchev–Trinajstić information content (AvgIpc) is 3.93. The number of fused-ring (bicyclic) bond motifs is 6. The number of anilines is 6. The topological polar surface area (TPSA) is 80.3 Å². The van der Waals surface area contributed by atoms with Gasteiger partial charge in [-0.15, -0.1) is 0 Å². The van der Waals surface area contributed by atoms with Gasteiger partial charge in [-0.25, -0.2) is 0 Å². The minimum Gasteiger partial charge on any atom is -0.454 e. The molecule has 0 saturated carbocycles.